The van der Waals surface area contributed by atoms with Crippen molar-refractivity contribution in [2.24, 2.45) is 0 Å². The van der Waals surface area contributed by atoms with Gasteiger partial charge in [-0.2, -0.15) is 0 Å². The first-order valence-electron chi connectivity index (χ1n) is 6.13. The Labute approximate surface area is 92.4 Å². The third-order valence-corrected chi connectivity index (χ3v) is 2.30. The number of benzene rings is 1. The van der Waals surface area contributed by atoms with E-state index in [2.05, 4.69) is 20.9 Å². The Morgan fingerprint density at radius 1 is 1.54 bits per heavy atom. The number of aryl methyl sites for hydroxylation is 1. The molecule has 1 heterocycles. The number of imidazole rings is 1. The lowest BCUT2D eigenvalue weighted by molar-refractivity contribution is 0.970. The molecule has 0 fully saturated rings. The highest BCUT2D eigenvalue weighted by molar-refractivity contribution is 9.10. The Kier molecular flexibility index (Phi) is 1.14. The second kappa shape index (κ2) is 3.34. The van der Waals surface area contributed by atoms with Gasteiger partial charge in [0.05, 0.1) is 8.43 Å². The molecule has 2 aromatic rings. The van der Waals surface area contributed by atoms with Crippen LogP contribution in [0.2, 0.25) is 0 Å². The van der Waals surface area contributed by atoms with Gasteiger partial charge in [-0.05, 0) is 34.9 Å². The maximum Gasteiger partial charge on any atom is 0.110 e. The van der Waals surface area contributed by atoms with Crippen LogP contribution in [0.1, 0.15) is 12.7 Å². The third-order valence-electron chi connectivity index (χ3n) is 1.63. The molecule has 0 bridgehead atoms. The third kappa shape index (κ3) is 1.52. The van der Waals surface area contributed by atoms with Crippen molar-refractivity contribution in [1.29, 1.82) is 0 Å². The molecule has 2 nitrogen and oxygen atoms in total. The lowest BCUT2D eigenvalue weighted by Gasteiger charge is -2.06. The van der Waals surface area contributed by atoms with E-state index in [1.165, 1.54) is 4.57 Å². The average molecular weight is 242 g/mol. The molecule has 0 N–H and O–H groups in total. The molecule has 13 heavy (non-hydrogen) atoms. The molecule has 0 amide bonds. The number of para-hydroxylation sites is 1. The van der Waals surface area contributed by atoms with Gasteiger partial charge in [-0.3, -0.25) is 0 Å². The number of aromatic nitrogens is 2. The maximum atomic E-state index is 7.77. The molecule has 0 radical (unpaired) electrons. The summed E-state index contributed by atoms with van der Waals surface area (Å²) in [6, 6.07) is 6.91. The van der Waals surface area contributed by atoms with Gasteiger partial charge in [-0.25, -0.2) is 4.98 Å². The summed E-state index contributed by atoms with van der Waals surface area (Å²) in [4.78, 5) is 3.66. The van der Waals surface area contributed by atoms with E-state index < -0.39 is 6.85 Å². The Morgan fingerprint density at radius 2 is 2.38 bits per heavy atom. The fraction of sp³-hybridized carbons (Fsp3) is 0.100. The first kappa shape index (κ1) is 4.42. The molecular formula is C10H9BrN2. The van der Waals surface area contributed by atoms with Crippen LogP contribution in [0.4, 0.5) is 0 Å². The van der Waals surface area contributed by atoms with E-state index in [1.54, 1.807) is 24.3 Å². The number of rotatable bonds is 1. The van der Waals surface area contributed by atoms with Crippen LogP contribution in [0.3, 0.4) is 0 Å². The first-order chi connectivity index (χ1) is 8.32. The second-order valence-corrected chi connectivity index (χ2v) is 3.30. The van der Waals surface area contributed by atoms with Crippen LogP contribution in [0.15, 0.2) is 41.1 Å². The molecule has 0 aliphatic carbocycles. The Morgan fingerprint density at radius 3 is 3.15 bits per heavy atom. The molecule has 1 aromatic heterocycles. The van der Waals surface area contributed by atoms with Crippen molar-refractivity contribution in [3.8, 4) is 5.69 Å². The summed E-state index contributed by atoms with van der Waals surface area (Å²) in [6.45, 7) is -2.47. The molecule has 0 aliphatic rings. The highest BCUT2D eigenvalue weighted by Crippen LogP contribution is 2.20. The summed E-state index contributed by atoms with van der Waals surface area (Å²) < 4.78 is 39.3. The Bertz CT molecular complexity index is 590. The van der Waals surface area contributed by atoms with Gasteiger partial charge in [-0.15, -0.1) is 0 Å². The van der Waals surface area contributed by atoms with Gasteiger partial charge in [0.15, 0.2) is 0 Å². The minimum Gasteiger partial charge on any atom is -0.303 e. The highest BCUT2D eigenvalue weighted by Gasteiger charge is 2.02. The Balaban J connectivity index is 2.75. The van der Waals surface area contributed by atoms with E-state index in [9.17, 15) is 0 Å². The largest absolute Gasteiger partial charge is 0.303 e. The summed E-state index contributed by atoms with van der Waals surface area (Å²) in [5.41, 5.74) is 0.486. The predicted molar refractivity (Wildman–Crippen MR) is 56.0 cm³/mol. The van der Waals surface area contributed by atoms with Crippen molar-refractivity contribution >= 4 is 15.9 Å². The van der Waals surface area contributed by atoms with Gasteiger partial charge >= 0.3 is 0 Å². The van der Waals surface area contributed by atoms with E-state index >= 15 is 0 Å². The lowest BCUT2D eigenvalue weighted by atomic mass is 10.3. The van der Waals surface area contributed by atoms with E-state index in [0.717, 1.165) is 0 Å². The summed E-state index contributed by atoms with van der Waals surface area (Å²) in [5.74, 6) is -0.274. The number of halogens is 1. The molecule has 2 rings (SSSR count). The second-order valence-electron chi connectivity index (χ2n) is 2.45. The minimum absolute atomic E-state index is 0.243. The van der Waals surface area contributed by atoms with Crippen LogP contribution in [-0.2, 0) is 0 Å². The molecule has 0 atom stereocenters. The van der Waals surface area contributed by atoms with E-state index in [-0.39, 0.29) is 18.2 Å². The van der Waals surface area contributed by atoms with Crippen molar-refractivity contribution in [3.63, 3.8) is 0 Å². The van der Waals surface area contributed by atoms with Crippen LogP contribution in [-0.4, -0.2) is 9.55 Å². The molecule has 0 unspecified atom stereocenters. The molecule has 66 valence electrons. The molecular weight excluding hydrogens is 228 g/mol. The smallest absolute Gasteiger partial charge is 0.110 e. The monoisotopic (exact) mass is 241 g/mol. The van der Waals surface area contributed by atoms with Crippen LogP contribution in [0.5, 0.6) is 0 Å². The molecule has 0 saturated heterocycles. The molecule has 3 heteroatoms. The zero-order valence-corrected chi connectivity index (χ0v) is 8.17. The standard InChI is InChI=1S/C10H9BrN2/c1-8-12-6-7-13(8)10-5-3-2-4-9(10)11/h2-7H,1H3/i1D3,6D,7D. The Hall–Kier alpha value is -1.09. The van der Waals surface area contributed by atoms with Crippen LogP contribution >= 0.6 is 15.9 Å². The fourth-order valence-electron chi connectivity index (χ4n) is 1.04. The zero-order valence-electron chi connectivity index (χ0n) is 11.6. The minimum atomic E-state index is -2.47. The van der Waals surface area contributed by atoms with Gasteiger partial charge < -0.3 is 4.57 Å². The summed E-state index contributed by atoms with van der Waals surface area (Å²) in [7, 11) is 0. The van der Waals surface area contributed by atoms with E-state index in [1.807, 2.05) is 0 Å². The topological polar surface area (TPSA) is 17.8 Å². The average Bonchev–Trinajstić information content (AvgIpc) is 2.57. The number of nitrogens with zero attached hydrogens (tertiary/aromatic N) is 2. The molecule has 0 saturated carbocycles. The van der Waals surface area contributed by atoms with Crippen LogP contribution in [0.25, 0.3) is 5.69 Å². The van der Waals surface area contributed by atoms with Crippen molar-refractivity contribution in [2.45, 2.75) is 6.85 Å². The first-order valence-corrected chi connectivity index (χ1v) is 4.43. The lowest BCUT2D eigenvalue weighted by Crippen LogP contribution is -1.95. The van der Waals surface area contributed by atoms with Gasteiger partial charge in [-0.1, -0.05) is 12.1 Å². The van der Waals surface area contributed by atoms with Crippen molar-refractivity contribution in [1.82, 2.24) is 9.55 Å². The van der Waals surface area contributed by atoms with Crippen molar-refractivity contribution < 1.29 is 6.85 Å². The molecule has 1 aromatic carbocycles. The quantitative estimate of drug-likeness (QED) is 0.751. The summed E-state index contributed by atoms with van der Waals surface area (Å²) in [6.07, 6.45) is -0.593. The van der Waals surface area contributed by atoms with Gasteiger partial charge in [0.2, 0.25) is 0 Å². The normalized spacial score (nSPS) is 16.8. The van der Waals surface area contributed by atoms with E-state index in [0.29, 0.717) is 10.2 Å². The van der Waals surface area contributed by atoms with Gasteiger partial charge in [0.25, 0.3) is 0 Å². The van der Waals surface area contributed by atoms with Crippen LogP contribution < -0.4 is 0 Å². The van der Waals surface area contributed by atoms with Crippen LogP contribution in [0, 0.1) is 6.85 Å². The SMILES string of the molecule is [2H]c1nc(C([2H])([2H])[2H])n(-c2ccccc2Br)c1[2H]. The summed E-state index contributed by atoms with van der Waals surface area (Å²) in [5, 5.41) is 0. The maximum absolute atomic E-state index is 7.77. The molecule has 0 spiro atoms. The highest BCUT2D eigenvalue weighted by atomic mass is 79.9. The predicted octanol–water partition coefficient (Wildman–Crippen LogP) is 2.94. The van der Waals surface area contributed by atoms with Gasteiger partial charge in [0.1, 0.15) is 5.82 Å². The zero-order chi connectivity index (χ0) is 13.5. The van der Waals surface area contributed by atoms with E-state index in [4.69, 9.17) is 6.85 Å². The van der Waals surface area contributed by atoms with Gasteiger partial charge in [0, 0.05) is 20.9 Å². The van der Waals surface area contributed by atoms with Crippen molar-refractivity contribution in [2.75, 3.05) is 0 Å². The number of hydrogen-bond acceptors (Lipinski definition) is 1. The summed E-state index contributed by atoms with van der Waals surface area (Å²) >= 11 is 3.30. The van der Waals surface area contributed by atoms with Crippen molar-refractivity contribution in [3.05, 3.63) is 46.9 Å². The molecule has 0 aliphatic heterocycles. The fourth-order valence-corrected chi connectivity index (χ4v) is 1.50. The number of hydrogen-bond donors (Lipinski definition) is 0.